The predicted molar refractivity (Wildman–Crippen MR) is 76.7 cm³/mol. The molecule has 3 heterocycles. The highest BCUT2D eigenvalue weighted by molar-refractivity contribution is 7.16. The maximum Gasteiger partial charge on any atom is 0.421 e. The number of alkyl halides is 3. The van der Waals surface area contributed by atoms with E-state index in [1.807, 2.05) is 0 Å². The van der Waals surface area contributed by atoms with Gasteiger partial charge in [-0.2, -0.15) is 22.8 Å². The molecule has 3 rings (SSSR count). The van der Waals surface area contributed by atoms with Gasteiger partial charge in [-0.1, -0.05) is 11.3 Å². The monoisotopic (exact) mass is 342 g/mol. The number of nitrogens with zero attached hydrogens (tertiary/aromatic N) is 4. The van der Waals surface area contributed by atoms with E-state index in [1.54, 1.807) is 6.92 Å². The number of hydrogen-bond acceptors (Lipinski definition) is 5. The second-order valence-electron chi connectivity index (χ2n) is 4.75. The molecule has 0 unspecified atom stereocenters. The first-order valence-electron chi connectivity index (χ1n) is 6.39. The number of aryl methyl sites for hydroxylation is 1. The summed E-state index contributed by atoms with van der Waals surface area (Å²) in [6, 6.07) is 3.00. The standard InChI is InChI=1S/C13H9F3N4O2S/c1-7-18-20-10(21)5-8(17-12(20)23-7)6-19-4-2-3-9(11(19)22)13(14,15)16/h2-5H,6H2,1H3. The second-order valence-corrected chi connectivity index (χ2v) is 5.91. The molecule has 3 aromatic heterocycles. The zero-order valence-corrected chi connectivity index (χ0v) is 12.5. The highest BCUT2D eigenvalue weighted by atomic mass is 32.1. The van der Waals surface area contributed by atoms with Gasteiger partial charge in [0.25, 0.3) is 11.1 Å². The highest BCUT2D eigenvalue weighted by Gasteiger charge is 2.34. The van der Waals surface area contributed by atoms with E-state index in [4.69, 9.17) is 0 Å². The largest absolute Gasteiger partial charge is 0.421 e. The molecule has 0 bridgehead atoms. The summed E-state index contributed by atoms with van der Waals surface area (Å²) in [5, 5.41) is 4.60. The van der Waals surface area contributed by atoms with Gasteiger partial charge in [0.15, 0.2) is 0 Å². The van der Waals surface area contributed by atoms with Crippen molar-refractivity contribution in [1.29, 1.82) is 0 Å². The molecule has 120 valence electrons. The van der Waals surface area contributed by atoms with Gasteiger partial charge in [-0.25, -0.2) is 4.98 Å². The number of fused-ring (bicyclic) bond motifs is 1. The summed E-state index contributed by atoms with van der Waals surface area (Å²) in [5.74, 6) is 0. The fourth-order valence-electron chi connectivity index (χ4n) is 2.08. The molecule has 0 spiro atoms. The van der Waals surface area contributed by atoms with Gasteiger partial charge in [0.1, 0.15) is 10.6 Å². The zero-order valence-electron chi connectivity index (χ0n) is 11.7. The summed E-state index contributed by atoms with van der Waals surface area (Å²) >= 11 is 1.18. The zero-order chi connectivity index (χ0) is 16.8. The van der Waals surface area contributed by atoms with Gasteiger partial charge in [-0.15, -0.1) is 0 Å². The maximum absolute atomic E-state index is 12.8. The van der Waals surface area contributed by atoms with Crippen molar-refractivity contribution in [3.8, 4) is 0 Å². The normalized spacial score (nSPS) is 12.0. The van der Waals surface area contributed by atoms with Crippen molar-refractivity contribution in [3.05, 3.63) is 61.4 Å². The van der Waals surface area contributed by atoms with E-state index in [0.29, 0.717) is 9.97 Å². The van der Waals surface area contributed by atoms with E-state index >= 15 is 0 Å². The van der Waals surface area contributed by atoms with Crippen molar-refractivity contribution in [3.63, 3.8) is 0 Å². The van der Waals surface area contributed by atoms with Crippen molar-refractivity contribution in [2.75, 3.05) is 0 Å². The SMILES string of the molecule is Cc1nn2c(=O)cc(Cn3cccc(C(F)(F)F)c3=O)nc2s1. The Morgan fingerprint density at radius 1 is 1.30 bits per heavy atom. The third-order valence-electron chi connectivity index (χ3n) is 3.06. The molecular weight excluding hydrogens is 333 g/mol. The molecule has 0 aliphatic carbocycles. The fourth-order valence-corrected chi connectivity index (χ4v) is 2.85. The molecule has 0 N–H and O–H groups in total. The topological polar surface area (TPSA) is 69.3 Å². The van der Waals surface area contributed by atoms with E-state index < -0.39 is 22.9 Å². The lowest BCUT2D eigenvalue weighted by Crippen LogP contribution is -2.29. The summed E-state index contributed by atoms with van der Waals surface area (Å²) in [6.07, 6.45) is -3.51. The van der Waals surface area contributed by atoms with E-state index in [2.05, 4.69) is 10.1 Å². The van der Waals surface area contributed by atoms with Crippen LogP contribution in [0, 0.1) is 6.92 Å². The molecular formula is C13H9F3N4O2S. The van der Waals surface area contributed by atoms with Crippen LogP contribution in [0.25, 0.3) is 4.96 Å². The van der Waals surface area contributed by atoms with E-state index in [0.717, 1.165) is 27.3 Å². The molecule has 3 aromatic rings. The molecule has 0 radical (unpaired) electrons. The van der Waals surface area contributed by atoms with E-state index in [9.17, 15) is 22.8 Å². The van der Waals surface area contributed by atoms with Crippen LogP contribution in [0.3, 0.4) is 0 Å². The van der Waals surface area contributed by atoms with Crippen molar-refractivity contribution in [2.45, 2.75) is 19.6 Å². The van der Waals surface area contributed by atoms with Crippen LogP contribution in [-0.4, -0.2) is 19.2 Å². The van der Waals surface area contributed by atoms with Crippen LogP contribution in [0.2, 0.25) is 0 Å². The van der Waals surface area contributed by atoms with Crippen LogP contribution in [0.5, 0.6) is 0 Å². The average molecular weight is 342 g/mol. The third-order valence-corrected chi connectivity index (χ3v) is 3.88. The summed E-state index contributed by atoms with van der Waals surface area (Å²) < 4.78 is 40.2. The van der Waals surface area contributed by atoms with Gasteiger partial charge in [-0.3, -0.25) is 9.59 Å². The summed E-state index contributed by atoms with van der Waals surface area (Å²) in [6.45, 7) is 1.47. The number of pyridine rings is 1. The summed E-state index contributed by atoms with van der Waals surface area (Å²) in [7, 11) is 0. The van der Waals surface area contributed by atoms with Crippen LogP contribution >= 0.6 is 11.3 Å². The Morgan fingerprint density at radius 2 is 2.04 bits per heavy atom. The van der Waals surface area contributed by atoms with Crippen molar-refractivity contribution in [1.82, 2.24) is 19.2 Å². The smallest absolute Gasteiger partial charge is 0.309 e. The van der Waals surface area contributed by atoms with Gasteiger partial charge in [-0.05, 0) is 19.1 Å². The molecule has 6 nitrogen and oxygen atoms in total. The van der Waals surface area contributed by atoms with Crippen LogP contribution in [-0.2, 0) is 12.7 Å². The quantitative estimate of drug-likeness (QED) is 0.711. The van der Waals surface area contributed by atoms with Crippen LogP contribution in [0.15, 0.2) is 34.0 Å². The lowest BCUT2D eigenvalue weighted by Gasteiger charge is -2.09. The molecule has 0 aromatic carbocycles. The third kappa shape index (κ3) is 2.89. The molecule has 0 aliphatic rings. The first-order chi connectivity index (χ1) is 10.8. The molecule has 0 saturated heterocycles. The lowest BCUT2D eigenvalue weighted by molar-refractivity contribution is -0.138. The Hall–Kier alpha value is -2.49. The van der Waals surface area contributed by atoms with E-state index in [1.165, 1.54) is 17.5 Å². The minimum Gasteiger partial charge on any atom is -0.309 e. The van der Waals surface area contributed by atoms with Gasteiger partial charge in [0.05, 0.1) is 12.2 Å². The Bertz CT molecular complexity index is 1000. The molecule has 0 saturated carbocycles. The average Bonchev–Trinajstić information content (AvgIpc) is 2.81. The number of aromatic nitrogens is 4. The van der Waals surface area contributed by atoms with Gasteiger partial charge < -0.3 is 4.57 Å². The first kappa shape index (κ1) is 15.4. The highest BCUT2D eigenvalue weighted by Crippen LogP contribution is 2.26. The summed E-state index contributed by atoms with van der Waals surface area (Å²) in [4.78, 5) is 28.3. The molecule has 0 fully saturated rings. The molecule has 23 heavy (non-hydrogen) atoms. The number of rotatable bonds is 2. The van der Waals surface area contributed by atoms with E-state index in [-0.39, 0.29) is 12.2 Å². The summed E-state index contributed by atoms with van der Waals surface area (Å²) in [5.41, 5.74) is -2.69. The molecule has 10 heteroatoms. The van der Waals surface area contributed by atoms with Gasteiger partial charge >= 0.3 is 6.18 Å². The molecule has 0 amide bonds. The van der Waals surface area contributed by atoms with Gasteiger partial charge in [0, 0.05) is 12.3 Å². The Labute approximate surface area is 130 Å². The Kier molecular flexibility index (Phi) is 3.55. The van der Waals surface area contributed by atoms with Gasteiger partial charge in [0.2, 0.25) is 4.96 Å². The van der Waals surface area contributed by atoms with Crippen molar-refractivity contribution < 1.29 is 13.2 Å². The number of halogens is 3. The molecule has 0 atom stereocenters. The van der Waals surface area contributed by atoms with Crippen LogP contribution in [0.4, 0.5) is 13.2 Å². The maximum atomic E-state index is 12.8. The Morgan fingerprint density at radius 3 is 2.74 bits per heavy atom. The minimum absolute atomic E-state index is 0.195. The predicted octanol–water partition coefficient (Wildman–Crippen LogP) is 1.69. The van der Waals surface area contributed by atoms with Crippen molar-refractivity contribution >= 4 is 16.3 Å². The molecule has 0 aliphatic heterocycles. The Balaban J connectivity index is 2.06. The first-order valence-corrected chi connectivity index (χ1v) is 7.20. The fraction of sp³-hybridized carbons (Fsp3) is 0.231. The minimum atomic E-state index is -4.73. The van der Waals surface area contributed by atoms with Crippen LogP contribution < -0.4 is 11.1 Å². The second kappa shape index (κ2) is 5.30. The van der Waals surface area contributed by atoms with Crippen LogP contribution in [0.1, 0.15) is 16.3 Å². The van der Waals surface area contributed by atoms with Crippen molar-refractivity contribution in [2.24, 2.45) is 0 Å². The lowest BCUT2D eigenvalue weighted by atomic mass is 10.2. The number of hydrogen-bond donors (Lipinski definition) is 0.